The minimum absolute atomic E-state index is 0.0747. The van der Waals surface area contributed by atoms with Crippen LogP contribution < -0.4 is 5.32 Å². The van der Waals surface area contributed by atoms with Crippen molar-refractivity contribution in [1.82, 2.24) is 10.2 Å². The predicted molar refractivity (Wildman–Crippen MR) is 81.2 cm³/mol. The Morgan fingerprint density at radius 1 is 1.30 bits per heavy atom. The third kappa shape index (κ3) is 2.49. The van der Waals surface area contributed by atoms with Gasteiger partial charge in [-0.1, -0.05) is 33.6 Å². The number of hydrogen-bond donors (Lipinski definition) is 1. The van der Waals surface area contributed by atoms with Crippen molar-refractivity contribution in [2.45, 2.75) is 84.0 Å². The van der Waals surface area contributed by atoms with Crippen LogP contribution in [0.15, 0.2) is 0 Å². The summed E-state index contributed by atoms with van der Waals surface area (Å²) >= 11 is 0. The lowest BCUT2D eigenvalue weighted by atomic mass is 9.93. The molecule has 0 aromatic heterocycles. The largest absolute Gasteiger partial charge is 0.323 e. The molecule has 3 rings (SSSR count). The average molecular weight is 278 g/mol. The maximum Gasteiger partial charge on any atom is 0.241 e. The van der Waals surface area contributed by atoms with E-state index in [-0.39, 0.29) is 6.04 Å². The van der Waals surface area contributed by atoms with Gasteiger partial charge in [0.15, 0.2) is 0 Å². The second-order valence-corrected chi connectivity index (χ2v) is 7.64. The Bertz CT molecular complexity index is 368. The smallest absolute Gasteiger partial charge is 0.241 e. The third-order valence-corrected chi connectivity index (χ3v) is 5.61. The highest BCUT2D eigenvalue weighted by atomic mass is 16.2. The second-order valence-electron chi connectivity index (χ2n) is 7.64. The third-order valence-electron chi connectivity index (χ3n) is 5.61. The first-order chi connectivity index (χ1) is 9.60. The summed E-state index contributed by atoms with van der Waals surface area (Å²) in [6, 6.07) is 0.619. The van der Waals surface area contributed by atoms with Crippen LogP contribution in [0.4, 0.5) is 0 Å². The van der Waals surface area contributed by atoms with Crippen molar-refractivity contribution in [2.24, 2.45) is 17.8 Å². The Balaban J connectivity index is 1.74. The van der Waals surface area contributed by atoms with Crippen molar-refractivity contribution in [3.05, 3.63) is 0 Å². The summed E-state index contributed by atoms with van der Waals surface area (Å²) in [5.41, 5.74) is 0. The lowest BCUT2D eigenvalue weighted by molar-refractivity contribution is -0.133. The zero-order valence-electron chi connectivity index (χ0n) is 13.3. The van der Waals surface area contributed by atoms with E-state index in [1.807, 2.05) is 0 Å². The van der Waals surface area contributed by atoms with Crippen molar-refractivity contribution in [2.75, 3.05) is 0 Å². The van der Waals surface area contributed by atoms with E-state index in [0.29, 0.717) is 24.0 Å². The molecule has 2 aliphatic carbocycles. The summed E-state index contributed by atoms with van der Waals surface area (Å²) < 4.78 is 0. The Hall–Kier alpha value is -0.570. The van der Waals surface area contributed by atoms with Crippen LogP contribution in [0.5, 0.6) is 0 Å². The van der Waals surface area contributed by atoms with E-state index >= 15 is 0 Å². The van der Waals surface area contributed by atoms with Crippen LogP contribution >= 0.6 is 0 Å². The van der Waals surface area contributed by atoms with E-state index in [2.05, 4.69) is 31.0 Å². The van der Waals surface area contributed by atoms with E-state index < -0.39 is 0 Å². The van der Waals surface area contributed by atoms with Gasteiger partial charge < -0.3 is 4.90 Å². The van der Waals surface area contributed by atoms with Crippen LogP contribution in [0.2, 0.25) is 0 Å². The predicted octanol–water partition coefficient (Wildman–Crippen LogP) is 3.15. The molecule has 2 saturated carbocycles. The van der Waals surface area contributed by atoms with Crippen molar-refractivity contribution in [1.29, 1.82) is 0 Å². The Morgan fingerprint density at radius 2 is 2.10 bits per heavy atom. The van der Waals surface area contributed by atoms with Crippen LogP contribution in [0.3, 0.4) is 0 Å². The molecule has 0 spiro atoms. The van der Waals surface area contributed by atoms with Crippen LogP contribution in [0.1, 0.15) is 65.7 Å². The topological polar surface area (TPSA) is 32.3 Å². The maximum atomic E-state index is 12.9. The van der Waals surface area contributed by atoms with E-state index in [1.54, 1.807) is 0 Å². The molecule has 1 amide bonds. The van der Waals surface area contributed by atoms with Gasteiger partial charge in [0.25, 0.3) is 0 Å². The zero-order chi connectivity index (χ0) is 14.3. The first-order valence-electron chi connectivity index (χ1n) is 8.68. The first kappa shape index (κ1) is 14.4. The number of hydrogen-bond acceptors (Lipinski definition) is 2. The fourth-order valence-electron chi connectivity index (χ4n) is 4.80. The van der Waals surface area contributed by atoms with Crippen LogP contribution in [-0.4, -0.2) is 29.1 Å². The van der Waals surface area contributed by atoms with Gasteiger partial charge in [-0.15, -0.1) is 0 Å². The number of nitrogens with one attached hydrogen (secondary N) is 1. The summed E-state index contributed by atoms with van der Waals surface area (Å²) in [5, 5.41) is 3.64. The number of amides is 1. The van der Waals surface area contributed by atoms with Crippen molar-refractivity contribution in [3.8, 4) is 0 Å². The van der Waals surface area contributed by atoms with Gasteiger partial charge in [-0.05, 0) is 49.9 Å². The molecule has 20 heavy (non-hydrogen) atoms. The molecule has 5 atom stereocenters. The van der Waals surface area contributed by atoms with E-state index in [0.717, 1.165) is 31.1 Å². The normalized spacial score (nSPS) is 40.3. The van der Waals surface area contributed by atoms with Gasteiger partial charge in [-0.2, -0.15) is 0 Å². The summed E-state index contributed by atoms with van der Waals surface area (Å²) in [4.78, 5) is 15.1. The number of fused-ring (bicyclic) bond motifs is 2. The summed E-state index contributed by atoms with van der Waals surface area (Å²) in [7, 11) is 0. The molecule has 3 nitrogen and oxygen atoms in total. The first-order valence-corrected chi connectivity index (χ1v) is 8.68. The van der Waals surface area contributed by atoms with E-state index in [1.165, 1.54) is 25.7 Å². The summed E-state index contributed by atoms with van der Waals surface area (Å²) in [6.07, 6.45) is 8.95. The van der Waals surface area contributed by atoms with Gasteiger partial charge in [0.05, 0.1) is 12.2 Å². The molecule has 2 bridgehead atoms. The van der Waals surface area contributed by atoms with Crippen LogP contribution in [0, 0.1) is 17.8 Å². The summed E-state index contributed by atoms with van der Waals surface area (Å²) in [6.45, 7) is 6.65. The standard InChI is InChI=1S/C17H30N2O/c1-4-5-16-18-14(8-11(2)3)17(20)19(16)15-10-12-6-7-13(15)9-12/h11-16,18H,4-10H2,1-3H3. The van der Waals surface area contributed by atoms with Crippen molar-refractivity contribution >= 4 is 5.91 Å². The Labute approximate surface area is 123 Å². The molecule has 3 heteroatoms. The molecule has 3 aliphatic rings. The van der Waals surface area contributed by atoms with Crippen LogP contribution in [-0.2, 0) is 4.79 Å². The van der Waals surface area contributed by atoms with Gasteiger partial charge in [-0.25, -0.2) is 0 Å². The highest BCUT2D eigenvalue weighted by Gasteiger charge is 2.49. The molecule has 1 heterocycles. The highest BCUT2D eigenvalue weighted by molar-refractivity contribution is 5.84. The highest BCUT2D eigenvalue weighted by Crippen LogP contribution is 2.48. The lowest BCUT2D eigenvalue weighted by Crippen LogP contribution is -2.47. The number of carbonyl (C=O) groups excluding carboxylic acids is 1. The van der Waals surface area contributed by atoms with Gasteiger partial charge in [0, 0.05) is 6.04 Å². The van der Waals surface area contributed by atoms with Gasteiger partial charge in [0.1, 0.15) is 0 Å². The fourth-order valence-corrected chi connectivity index (χ4v) is 4.80. The molecule has 0 radical (unpaired) electrons. The summed E-state index contributed by atoms with van der Waals surface area (Å²) in [5.74, 6) is 2.68. The molecule has 114 valence electrons. The molecular weight excluding hydrogens is 248 g/mol. The minimum Gasteiger partial charge on any atom is -0.323 e. The Kier molecular flexibility index (Phi) is 4.07. The molecule has 0 aromatic carbocycles. The number of rotatable bonds is 5. The molecule has 3 fully saturated rings. The van der Waals surface area contributed by atoms with Gasteiger partial charge in [0.2, 0.25) is 5.91 Å². The van der Waals surface area contributed by atoms with E-state index in [4.69, 9.17) is 0 Å². The van der Waals surface area contributed by atoms with Crippen molar-refractivity contribution < 1.29 is 4.79 Å². The average Bonchev–Trinajstić information content (AvgIpc) is 3.05. The van der Waals surface area contributed by atoms with Crippen LogP contribution in [0.25, 0.3) is 0 Å². The molecule has 1 saturated heterocycles. The Morgan fingerprint density at radius 3 is 2.65 bits per heavy atom. The van der Waals surface area contributed by atoms with Crippen molar-refractivity contribution in [3.63, 3.8) is 0 Å². The minimum atomic E-state index is 0.0747. The number of nitrogens with zero attached hydrogens (tertiary/aromatic N) is 1. The molecule has 5 unspecified atom stereocenters. The van der Waals surface area contributed by atoms with Gasteiger partial charge in [-0.3, -0.25) is 10.1 Å². The fraction of sp³-hybridized carbons (Fsp3) is 0.941. The molecule has 1 N–H and O–H groups in total. The maximum absolute atomic E-state index is 12.9. The lowest BCUT2D eigenvalue weighted by Gasteiger charge is -2.35. The number of carbonyl (C=O) groups is 1. The molecule has 0 aromatic rings. The SMILES string of the molecule is CCCC1NC(CC(C)C)C(=O)N1C1CC2CCC1C2. The van der Waals surface area contributed by atoms with Gasteiger partial charge >= 0.3 is 0 Å². The molecule has 1 aliphatic heterocycles. The second kappa shape index (κ2) is 5.67. The van der Waals surface area contributed by atoms with E-state index in [9.17, 15) is 4.79 Å². The monoisotopic (exact) mass is 278 g/mol. The zero-order valence-corrected chi connectivity index (χ0v) is 13.3. The molecular formula is C17H30N2O. The quantitative estimate of drug-likeness (QED) is 0.838.